The number of carbonyl (C=O) groups is 1. The van der Waals surface area contributed by atoms with E-state index in [0.29, 0.717) is 10.6 Å². The van der Waals surface area contributed by atoms with Crippen molar-refractivity contribution in [2.45, 2.75) is 26.2 Å². The van der Waals surface area contributed by atoms with Crippen molar-refractivity contribution in [3.8, 4) is 0 Å². The Morgan fingerprint density at radius 2 is 1.85 bits per heavy atom. The van der Waals surface area contributed by atoms with Gasteiger partial charge in [-0.05, 0) is 11.5 Å². The average Bonchev–Trinajstić information content (AvgIpc) is 2.82. The van der Waals surface area contributed by atoms with E-state index < -0.39 is 0 Å². The highest BCUT2D eigenvalue weighted by Crippen LogP contribution is 2.29. The summed E-state index contributed by atoms with van der Waals surface area (Å²) >= 11 is 12.8. The minimum Gasteiger partial charge on any atom is -0.316 e. The van der Waals surface area contributed by atoms with Gasteiger partial charge < -0.3 is 5.32 Å². The summed E-state index contributed by atoms with van der Waals surface area (Å²) in [6.45, 7) is 5.85. The number of amides is 1. The maximum absolute atomic E-state index is 12.3. The van der Waals surface area contributed by atoms with Crippen molar-refractivity contribution in [3.05, 3.63) is 27.2 Å². The van der Waals surface area contributed by atoms with Crippen molar-refractivity contribution in [2.75, 3.05) is 5.32 Å². The van der Waals surface area contributed by atoms with Gasteiger partial charge in [0.2, 0.25) is 0 Å². The Hall–Kier alpha value is -1.31. The second kappa shape index (κ2) is 5.59. The molecule has 9 heteroatoms. The van der Waals surface area contributed by atoms with E-state index in [1.54, 1.807) is 0 Å². The second-order valence-electron chi connectivity index (χ2n) is 4.99. The van der Waals surface area contributed by atoms with Gasteiger partial charge in [-0.15, -0.1) is 5.10 Å². The van der Waals surface area contributed by atoms with Crippen LogP contribution in [0.25, 0.3) is 0 Å². The van der Waals surface area contributed by atoms with Crippen LogP contribution in [0.15, 0.2) is 6.33 Å². The third-order valence-corrected chi connectivity index (χ3v) is 3.70. The first-order valence-corrected chi connectivity index (χ1v) is 7.14. The van der Waals surface area contributed by atoms with E-state index in [4.69, 9.17) is 23.2 Å². The number of anilines is 1. The SMILES string of the molecule is CC(C)(C)c1nnsc1C(=O)Nc1c(Cl)ncnc1Cl. The van der Waals surface area contributed by atoms with Gasteiger partial charge in [0.1, 0.15) is 16.9 Å². The molecule has 2 heterocycles. The predicted molar refractivity (Wildman–Crippen MR) is 78.6 cm³/mol. The van der Waals surface area contributed by atoms with Crippen LogP contribution < -0.4 is 5.32 Å². The summed E-state index contributed by atoms with van der Waals surface area (Å²) in [5, 5.41) is 6.76. The lowest BCUT2D eigenvalue weighted by Crippen LogP contribution is -2.20. The number of carbonyl (C=O) groups excluding carboxylic acids is 1. The van der Waals surface area contributed by atoms with Crippen molar-refractivity contribution in [2.24, 2.45) is 0 Å². The van der Waals surface area contributed by atoms with Crippen LogP contribution in [0.2, 0.25) is 10.3 Å². The van der Waals surface area contributed by atoms with E-state index >= 15 is 0 Å². The van der Waals surface area contributed by atoms with E-state index in [0.717, 1.165) is 11.5 Å². The fourth-order valence-electron chi connectivity index (χ4n) is 1.45. The summed E-state index contributed by atoms with van der Waals surface area (Å²) < 4.78 is 3.83. The molecule has 0 aromatic carbocycles. The molecule has 1 amide bonds. The van der Waals surface area contributed by atoms with Crippen molar-refractivity contribution in [1.29, 1.82) is 0 Å². The van der Waals surface area contributed by atoms with Crippen LogP contribution >= 0.6 is 34.7 Å². The van der Waals surface area contributed by atoms with Crippen LogP contribution in [-0.4, -0.2) is 25.5 Å². The van der Waals surface area contributed by atoms with Crippen LogP contribution in [-0.2, 0) is 5.41 Å². The first-order valence-electron chi connectivity index (χ1n) is 5.61. The smallest absolute Gasteiger partial charge is 0.269 e. The minimum atomic E-state index is -0.386. The van der Waals surface area contributed by atoms with Crippen LogP contribution in [0, 0.1) is 0 Å². The summed E-state index contributed by atoms with van der Waals surface area (Å²) in [6.07, 6.45) is 1.22. The summed E-state index contributed by atoms with van der Waals surface area (Å²) in [4.78, 5) is 20.2. The Kier molecular flexibility index (Phi) is 4.22. The molecule has 0 unspecified atom stereocenters. The van der Waals surface area contributed by atoms with Gasteiger partial charge in [0, 0.05) is 5.41 Å². The quantitative estimate of drug-likeness (QED) is 0.854. The van der Waals surface area contributed by atoms with Crippen molar-refractivity contribution in [1.82, 2.24) is 19.6 Å². The molecule has 0 radical (unpaired) electrons. The molecular weight excluding hydrogens is 321 g/mol. The summed E-state index contributed by atoms with van der Waals surface area (Å²) in [5.74, 6) is -0.386. The zero-order valence-electron chi connectivity index (χ0n) is 10.9. The topological polar surface area (TPSA) is 80.7 Å². The Morgan fingerprint density at radius 1 is 1.25 bits per heavy atom. The van der Waals surface area contributed by atoms with E-state index in [1.165, 1.54) is 6.33 Å². The highest BCUT2D eigenvalue weighted by molar-refractivity contribution is 7.08. The molecule has 0 saturated heterocycles. The molecule has 2 aromatic rings. The molecule has 2 aromatic heterocycles. The van der Waals surface area contributed by atoms with E-state index in [1.807, 2.05) is 20.8 Å². The lowest BCUT2D eigenvalue weighted by molar-refractivity contribution is 0.102. The molecule has 0 aliphatic rings. The molecule has 1 N–H and O–H groups in total. The van der Waals surface area contributed by atoms with Gasteiger partial charge in [-0.25, -0.2) is 9.97 Å². The maximum atomic E-state index is 12.3. The molecule has 0 aliphatic carbocycles. The second-order valence-corrected chi connectivity index (χ2v) is 6.46. The van der Waals surface area contributed by atoms with Crippen LogP contribution in [0.3, 0.4) is 0 Å². The Labute approximate surface area is 129 Å². The summed E-state index contributed by atoms with van der Waals surface area (Å²) in [5.41, 5.74) is 0.499. The molecule has 6 nitrogen and oxygen atoms in total. The largest absolute Gasteiger partial charge is 0.316 e. The van der Waals surface area contributed by atoms with Gasteiger partial charge >= 0.3 is 0 Å². The third kappa shape index (κ3) is 3.05. The van der Waals surface area contributed by atoms with Gasteiger partial charge in [-0.1, -0.05) is 48.5 Å². The number of hydrogen-bond acceptors (Lipinski definition) is 6. The molecule has 0 bridgehead atoms. The standard InChI is InChI=1S/C11H11Cl2N5OS/c1-11(2,3)7-6(20-18-17-7)10(19)16-5-8(12)14-4-15-9(5)13/h4H,1-3H3,(H,16,19). The molecule has 0 fully saturated rings. The van der Waals surface area contributed by atoms with E-state index in [9.17, 15) is 4.79 Å². The average molecular weight is 332 g/mol. The first kappa shape index (κ1) is 15.1. The maximum Gasteiger partial charge on any atom is 0.269 e. The van der Waals surface area contributed by atoms with Crippen LogP contribution in [0.4, 0.5) is 5.69 Å². The monoisotopic (exact) mass is 331 g/mol. The van der Waals surface area contributed by atoms with Gasteiger partial charge in [0.25, 0.3) is 5.91 Å². The summed E-state index contributed by atoms with van der Waals surface area (Å²) in [6, 6.07) is 0. The predicted octanol–water partition coefficient (Wildman–Crippen LogP) is 3.18. The highest BCUT2D eigenvalue weighted by atomic mass is 35.5. The fourth-order valence-corrected chi connectivity index (χ4v) is 2.63. The molecule has 0 saturated carbocycles. The number of rotatable bonds is 2. The number of aromatic nitrogens is 4. The lowest BCUT2D eigenvalue weighted by atomic mass is 9.91. The van der Waals surface area contributed by atoms with E-state index in [2.05, 4.69) is 24.9 Å². The van der Waals surface area contributed by atoms with Gasteiger partial charge in [-0.2, -0.15) is 0 Å². The van der Waals surface area contributed by atoms with Gasteiger partial charge in [0.15, 0.2) is 10.3 Å². The third-order valence-electron chi connectivity index (χ3n) is 2.40. The Morgan fingerprint density at radius 3 is 2.40 bits per heavy atom. The van der Waals surface area contributed by atoms with Gasteiger partial charge in [0.05, 0.1) is 5.69 Å². The number of nitrogens with zero attached hydrogens (tertiary/aromatic N) is 4. The number of halogens is 2. The van der Waals surface area contributed by atoms with Crippen LogP contribution in [0.5, 0.6) is 0 Å². The number of hydrogen-bond donors (Lipinski definition) is 1. The molecule has 106 valence electrons. The molecule has 0 atom stereocenters. The Balaban J connectivity index is 2.32. The highest BCUT2D eigenvalue weighted by Gasteiger charge is 2.27. The van der Waals surface area contributed by atoms with Crippen molar-refractivity contribution < 1.29 is 4.79 Å². The van der Waals surface area contributed by atoms with Crippen molar-refractivity contribution >= 4 is 46.3 Å². The first-order chi connectivity index (χ1) is 9.30. The molecular formula is C11H11Cl2N5OS. The molecule has 20 heavy (non-hydrogen) atoms. The van der Waals surface area contributed by atoms with Crippen molar-refractivity contribution in [3.63, 3.8) is 0 Å². The summed E-state index contributed by atoms with van der Waals surface area (Å²) in [7, 11) is 0. The zero-order chi connectivity index (χ0) is 14.9. The molecule has 0 aliphatic heterocycles. The Bertz CT molecular complexity index is 632. The normalized spacial score (nSPS) is 11.4. The lowest BCUT2D eigenvalue weighted by Gasteiger charge is -2.16. The number of nitrogens with one attached hydrogen (secondary N) is 1. The van der Waals surface area contributed by atoms with Gasteiger partial charge in [-0.3, -0.25) is 4.79 Å². The zero-order valence-corrected chi connectivity index (χ0v) is 13.3. The van der Waals surface area contributed by atoms with Crippen LogP contribution in [0.1, 0.15) is 36.1 Å². The van der Waals surface area contributed by atoms with E-state index in [-0.39, 0.29) is 27.3 Å². The fraction of sp³-hybridized carbons (Fsp3) is 0.364. The minimum absolute atomic E-state index is 0.0770. The molecule has 2 rings (SSSR count). The molecule has 0 spiro atoms.